The van der Waals surface area contributed by atoms with Crippen LogP contribution in [0, 0.1) is 12.7 Å². The fourth-order valence-electron chi connectivity index (χ4n) is 3.75. The molecular formula is C22H21ClFN3O3. The number of hydrogen-bond acceptors (Lipinski definition) is 4. The fraction of sp³-hybridized carbons (Fsp3) is 0.273. The van der Waals surface area contributed by atoms with Gasteiger partial charge in [0.05, 0.1) is 29.6 Å². The molecule has 2 heterocycles. The lowest BCUT2D eigenvalue weighted by molar-refractivity contribution is -0.117. The number of halogens is 2. The first-order valence-corrected chi connectivity index (χ1v) is 9.93. The first kappa shape index (κ1) is 20.4. The van der Waals surface area contributed by atoms with Crippen LogP contribution in [0.4, 0.5) is 10.1 Å². The molecule has 2 N–H and O–H groups in total. The number of carbonyl (C=O) groups excluding carboxylic acids is 1. The standard InChI is InChI=1S/C22H21ClFN3O3/c1-12-3-4-13(9-16(12)24)25-19(28)11-27-8-7-17-14(10-27)22(29)20-15(23)5-6-18(30-2)21(20)26-17/h3-6,9H,7-8,10-11H2,1-2H3,(H,25,28)(H,26,29). The number of ether oxygens (including phenoxy) is 1. The van der Waals surface area contributed by atoms with E-state index in [1.54, 1.807) is 38.3 Å². The van der Waals surface area contributed by atoms with Gasteiger partial charge in [-0.3, -0.25) is 14.5 Å². The van der Waals surface area contributed by atoms with Crippen LogP contribution in [-0.4, -0.2) is 36.0 Å². The van der Waals surface area contributed by atoms with Crippen LogP contribution < -0.4 is 15.5 Å². The summed E-state index contributed by atoms with van der Waals surface area (Å²) in [4.78, 5) is 30.7. The number of fused-ring (bicyclic) bond motifs is 2. The Bertz CT molecular complexity index is 1210. The highest BCUT2D eigenvalue weighted by atomic mass is 35.5. The second kappa shape index (κ2) is 8.08. The lowest BCUT2D eigenvalue weighted by atomic mass is 10.0. The number of hydrogen-bond donors (Lipinski definition) is 2. The maximum absolute atomic E-state index is 13.7. The zero-order valence-electron chi connectivity index (χ0n) is 16.6. The van der Waals surface area contributed by atoms with Crippen molar-refractivity contribution in [3.05, 3.63) is 68.2 Å². The second-order valence-corrected chi connectivity index (χ2v) is 7.79. The maximum Gasteiger partial charge on any atom is 0.238 e. The summed E-state index contributed by atoms with van der Waals surface area (Å²) in [6.45, 7) is 2.68. The Labute approximate surface area is 177 Å². The topological polar surface area (TPSA) is 74.4 Å². The summed E-state index contributed by atoms with van der Waals surface area (Å²) in [7, 11) is 1.54. The Morgan fingerprint density at radius 2 is 2.13 bits per heavy atom. The maximum atomic E-state index is 13.7. The van der Waals surface area contributed by atoms with Gasteiger partial charge in [-0.15, -0.1) is 0 Å². The molecule has 0 radical (unpaired) electrons. The molecule has 3 aromatic rings. The molecule has 1 aliphatic rings. The number of anilines is 1. The Hall–Kier alpha value is -2.90. The third-order valence-corrected chi connectivity index (χ3v) is 5.68. The van der Waals surface area contributed by atoms with Gasteiger partial charge in [0.25, 0.3) is 0 Å². The van der Waals surface area contributed by atoms with E-state index < -0.39 is 0 Å². The number of pyridine rings is 1. The highest BCUT2D eigenvalue weighted by Gasteiger charge is 2.24. The van der Waals surface area contributed by atoms with Crippen LogP contribution in [0.5, 0.6) is 5.75 Å². The molecule has 30 heavy (non-hydrogen) atoms. The minimum Gasteiger partial charge on any atom is -0.495 e. The van der Waals surface area contributed by atoms with E-state index in [1.165, 1.54) is 6.07 Å². The third kappa shape index (κ3) is 3.78. The lowest BCUT2D eigenvalue weighted by Gasteiger charge is -2.28. The van der Waals surface area contributed by atoms with Gasteiger partial charge in [-0.2, -0.15) is 0 Å². The number of benzene rings is 2. The number of amides is 1. The van der Waals surface area contributed by atoms with E-state index in [0.717, 1.165) is 5.69 Å². The van der Waals surface area contributed by atoms with E-state index >= 15 is 0 Å². The molecule has 1 aliphatic heterocycles. The number of carbonyl (C=O) groups is 1. The van der Waals surface area contributed by atoms with Gasteiger partial charge in [-0.1, -0.05) is 17.7 Å². The predicted octanol–water partition coefficient (Wildman–Crippen LogP) is 3.63. The van der Waals surface area contributed by atoms with Gasteiger partial charge in [0.1, 0.15) is 11.6 Å². The monoisotopic (exact) mass is 429 g/mol. The van der Waals surface area contributed by atoms with Crippen molar-refractivity contribution in [3.63, 3.8) is 0 Å². The quantitative estimate of drug-likeness (QED) is 0.664. The fourth-order valence-corrected chi connectivity index (χ4v) is 3.99. The highest BCUT2D eigenvalue weighted by molar-refractivity contribution is 6.35. The van der Waals surface area contributed by atoms with Crippen LogP contribution in [0.1, 0.15) is 16.8 Å². The number of nitrogens with one attached hydrogen (secondary N) is 2. The largest absolute Gasteiger partial charge is 0.495 e. The zero-order chi connectivity index (χ0) is 21.4. The summed E-state index contributed by atoms with van der Waals surface area (Å²) < 4.78 is 19.0. The van der Waals surface area contributed by atoms with E-state index in [-0.39, 0.29) is 23.7 Å². The highest BCUT2D eigenvalue weighted by Crippen LogP contribution is 2.30. The Morgan fingerprint density at radius 1 is 1.33 bits per heavy atom. The van der Waals surface area contributed by atoms with Gasteiger partial charge in [0.2, 0.25) is 5.91 Å². The van der Waals surface area contributed by atoms with Crippen molar-refractivity contribution in [2.24, 2.45) is 0 Å². The number of aromatic nitrogens is 1. The van der Waals surface area contributed by atoms with Gasteiger partial charge in [-0.05, 0) is 36.8 Å². The number of nitrogens with zero attached hydrogens (tertiary/aromatic N) is 1. The molecule has 0 saturated carbocycles. The first-order chi connectivity index (χ1) is 14.4. The molecule has 1 amide bonds. The van der Waals surface area contributed by atoms with Crippen molar-refractivity contribution >= 4 is 34.1 Å². The van der Waals surface area contributed by atoms with Crippen molar-refractivity contribution in [1.29, 1.82) is 0 Å². The number of rotatable bonds is 4. The number of aryl methyl sites for hydroxylation is 1. The average Bonchev–Trinajstić information content (AvgIpc) is 2.71. The summed E-state index contributed by atoms with van der Waals surface area (Å²) in [6, 6.07) is 7.93. The summed E-state index contributed by atoms with van der Waals surface area (Å²) >= 11 is 6.28. The van der Waals surface area contributed by atoms with Gasteiger partial charge in [0, 0.05) is 36.5 Å². The molecule has 8 heteroatoms. The van der Waals surface area contributed by atoms with Crippen molar-refractivity contribution in [2.45, 2.75) is 19.9 Å². The summed E-state index contributed by atoms with van der Waals surface area (Å²) in [5, 5.41) is 3.44. The summed E-state index contributed by atoms with van der Waals surface area (Å²) in [5.41, 5.74) is 2.77. The van der Waals surface area contributed by atoms with E-state index in [4.69, 9.17) is 16.3 Å². The molecule has 0 spiro atoms. The van der Waals surface area contributed by atoms with Crippen LogP contribution in [0.2, 0.25) is 5.02 Å². The molecule has 1 aromatic heterocycles. The Kier molecular flexibility index (Phi) is 5.49. The van der Waals surface area contributed by atoms with Crippen LogP contribution in [0.25, 0.3) is 10.9 Å². The van der Waals surface area contributed by atoms with Crippen molar-refractivity contribution in [2.75, 3.05) is 25.5 Å². The minimum atomic E-state index is -0.370. The number of aromatic amines is 1. The lowest BCUT2D eigenvalue weighted by Crippen LogP contribution is -2.39. The first-order valence-electron chi connectivity index (χ1n) is 9.56. The van der Waals surface area contributed by atoms with E-state index in [1.807, 2.05) is 4.90 Å². The van der Waals surface area contributed by atoms with Crippen molar-refractivity contribution in [3.8, 4) is 5.75 Å². The molecule has 0 aliphatic carbocycles. The second-order valence-electron chi connectivity index (χ2n) is 7.38. The molecule has 0 bridgehead atoms. The number of methoxy groups -OCH3 is 1. The zero-order valence-corrected chi connectivity index (χ0v) is 17.4. The summed E-state index contributed by atoms with van der Waals surface area (Å²) in [6.07, 6.45) is 0.586. The molecular weight excluding hydrogens is 409 g/mol. The molecule has 156 valence electrons. The van der Waals surface area contributed by atoms with Crippen molar-refractivity contribution in [1.82, 2.24) is 9.88 Å². The van der Waals surface area contributed by atoms with Crippen molar-refractivity contribution < 1.29 is 13.9 Å². The average molecular weight is 430 g/mol. The summed E-state index contributed by atoms with van der Waals surface area (Å²) in [5.74, 6) is -0.0783. The third-order valence-electron chi connectivity index (χ3n) is 5.36. The Morgan fingerprint density at radius 3 is 2.87 bits per heavy atom. The van der Waals surface area contributed by atoms with Crippen LogP contribution in [0.15, 0.2) is 35.1 Å². The van der Waals surface area contributed by atoms with E-state index in [0.29, 0.717) is 58.0 Å². The van der Waals surface area contributed by atoms with E-state index in [9.17, 15) is 14.0 Å². The smallest absolute Gasteiger partial charge is 0.238 e. The number of H-pyrrole nitrogens is 1. The molecule has 4 rings (SSSR count). The van der Waals surface area contributed by atoms with Crippen LogP contribution in [0.3, 0.4) is 0 Å². The molecule has 6 nitrogen and oxygen atoms in total. The molecule has 2 aromatic carbocycles. The molecule has 0 atom stereocenters. The van der Waals surface area contributed by atoms with Gasteiger partial charge in [-0.25, -0.2) is 4.39 Å². The van der Waals surface area contributed by atoms with Gasteiger partial charge in [0.15, 0.2) is 5.43 Å². The minimum absolute atomic E-state index is 0.0955. The van der Waals surface area contributed by atoms with Gasteiger partial charge < -0.3 is 15.0 Å². The Balaban J connectivity index is 1.56. The normalized spacial score (nSPS) is 13.9. The predicted molar refractivity (Wildman–Crippen MR) is 115 cm³/mol. The SMILES string of the molecule is COc1ccc(Cl)c2c(=O)c3c([nH]c12)CCN(CC(=O)Nc1ccc(C)c(F)c1)C3. The molecule has 0 fully saturated rings. The molecule has 0 saturated heterocycles. The van der Waals surface area contributed by atoms with Crippen LogP contribution in [-0.2, 0) is 17.8 Å². The molecule has 0 unspecified atom stereocenters. The van der Waals surface area contributed by atoms with Gasteiger partial charge >= 0.3 is 0 Å². The van der Waals surface area contributed by atoms with Crippen LogP contribution >= 0.6 is 11.6 Å². The van der Waals surface area contributed by atoms with E-state index in [2.05, 4.69) is 10.3 Å².